The summed E-state index contributed by atoms with van der Waals surface area (Å²) in [6.07, 6.45) is 0. The first-order valence-corrected chi connectivity index (χ1v) is 7.70. The number of nitrogens with one attached hydrogen (secondary N) is 1. The second-order valence-corrected chi connectivity index (χ2v) is 7.60. The van der Waals surface area contributed by atoms with Crippen LogP contribution >= 0.6 is 35.0 Å². The predicted octanol–water partition coefficient (Wildman–Crippen LogP) is 4.70. The minimum atomic E-state index is 0.00577. The van der Waals surface area contributed by atoms with E-state index in [0.29, 0.717) is 16.6 Å². The highest BCUT2D eigenvalue weighted by atomic mass is 35.5. The van der Waals surface area contributed by atoms with Gasteiger partial charge in [-0.25, -0.2) is 0 Å². The summed E-state index contributed by atoms with van der Waals surface area (Å²) in [6, 6.07) is 5.51. The van der Waals surface area contributed by atoms with Crippen molar-refractivity contribution in [2.45, 2.75) is 38.5 Å². The Kier molecular flexibility index (Phi) is 6.18. The summed E-state index contributed by atoms with van der Waals surface area (Å²) in [5.74, 6) is 0. The monoisotopic (exact) mass is 319 g/mol. The van der Waals surface area contributed by atoms with E-state index >= 15 is 0 Å². The fourth-order valence-electron chi connectivity index (χ4n) is 1.54. The Morgan fingerprint density at radius 1 is 1.32 bits per heavy atom. The summed E-state index contributed by atoms with van der Waals surface area (Å²) < 4.78 is 0. The van der Waals surface area contributed by atoms with Gasteiger partial charge in [0.25, 0.3) is 0 Å². The number of carbonyl (C=O) groups excluding carboxylic acids is 1. The van der Waals surface area contributed by atoms with E-state index in [2.05, 4.69) is 26.1 Å². The summed E-state index contributed by atoms with van der Waals surface area (Å²) in [4.78, 5) is 11.4. The second kappa shape index (κ2) is 6.98. The third-order valence-electron chi connectivity index (χ3n) is 2.44. The van der Waals surface area contributed by atoms with Crippen LogP contribution in [0.4, 0.5) is 0 Å². The number of carbonyl (C=O) groups is 1. The lowest BCUT2D eigenvalue weighted by atomic mass is 10.1. The molecule has 1 aromatic carbocycles. The van der Waals surface area contributed by atoms with Crippen LogP contribution in [-0.2, 0) is 4.79 Å². The van der Waals surface area contributed by atoms with E-state index in [-0.39, 0.29) is 15.9 Å². The third-order valence-corrected chi connectivity index (χ3v) is 4.24. The maximum absolute atomic E-state index is 11.4. The van der Waals surface area contributed by atoms with Crippen molar-refractivity contribution in [1.29, 1.82) is 0 Å². The Balaban J connectivity index is 2.89. The van der Waals surface area contributed by atoms with Crippen LogP contribution in [0.1, 0.15) is 38.5 Å². The standard InChI is InChI=1S/C14H19Cl2NOS/c1-9(18)19-13(8-17-14(2,3)4)10-5-6-11(15)12(16)7-10/h5-7,13,17H,8H2,1-4H3. The quantitative estimate of drug-likeness (QED) is 0.871. The smallest absolute Gasteiger partial charge is 0.186 e. The van der Waals surface area contributed by atoms with Gasteiger partial charge in [0, 0.05) is 24.3 Å². The average Bonchev–Trinajstić information content (AvgIpc) is 2.26. The largest absolute Gasteiger partial charge is 0.311 e. The maximum Gasteiger partial charge on any atom is 0.186 e. The molecule has 0 bridgehead atoms. The molecule has 5 heteroatoms. The highest BCUT2D eigenvalue weighted by Crippen LogP contribution is 2.33. The van der Waals surface area contributed by atoms with Gasteiger partial charge < -0.3 is 5.32 Å². The van der Waals surface area contributed by atoms with E-state index in [1.165, 1.54) is 11.8 Å². The van der Waals surface area contributed by atoms with Gasteiger partial charge in [0.15, 0.2) is 5.12 Å². The highest BCUT2D eigenvalue weighted by Gasteiger charge is 2.19. The first-order valence-electron chi connectivity index (χ1n) is 6.06. The lowest BCUT2D eigenvalue weighted by molar-refractivity contribution is -0.109. The van der Waals surface area contributed by atoms with E-state index in [1.807, 2.05) is 12.1 Å². The van der Waals surface area contributed by atoms with Crippen molar-refractivity contribution in [1.82, 2.24) is 5.32 Å². The molecule has 1 unspecified atom stereocenters. The Hall–Kier alpha value is -0.220. The molecule has 0 spiro atoms. The highest BCUT2D eigenvalue weighted by molar-refractivity contribution is 8.13. The van der Waals surface area contributed by atoms with Gasteiger partial charge in [0.05, 0.1) is 10.0 Å². The van der Waals surface area contributed by atoms with Gasteiger partial charge in [-0.3, -0.25) is 4.79 Å². The van der Waals surface area contributed by atoms with Crippen LogP contribution in [0.5, 0.6) is 0 Å². The molecule has 1 N–H and O–H groups in total. The molecule has 1 atom stereocenters. The fourth-order valence-corrected chi connectivity index (χ4v) is 2.70. The van der Waals surface area contributed by atoms with E-state index < -0.39 is 0 Å². The molecule has 0 saturated carbocycles. The van der Waals surface area contributed by atoms with E-state index in [1.54, 1.807) is 13.0 Å². The summed E-state index contributed by atoms with van der Waals surface area (Å²) in [7, 11) is 0. The van der Waals surface area contributed by atoms with Crippen molar-refractivity contribution in [2.75, 3.05) is 6.54 Å². The number of hydrogen-bond donors (Lipinski definition) is 1. The van der Waals surface area contributed by atoms with Crippen molar-refractivity contribution in [2.24, 2.45) is 0 Å². The molecule has 0 aromatic heterocycles. The molecule has 1 rings (SSSR count). The van der Waals surface area contributed by atoms with Gasteiger partial charge in [-0.05, 0) is 38.5 Å². The van der Waals surface area contributed by atoms with Crippen LogP contribution in [0.25, 0.3) is 0 Å². The number of hydrogen-bond acceptors (Lipinski definition) is 3. The van der Waals surface area contributed by atoms with Crippen LogP contribution in [-0.4, -0.2) is 17.2 Å². The minimum Gasteiger partial charge on any atom is -0.311 e. The van der Waals surface area contributed by atoms with Crippen LogP contribution < -0.4 is 5.32 Å². The lowest BCUT2D eigenvalue weighted by Gasteiger charge is -2.25. The molecule has 0 aliphatic heterocycles. The molecular formula is C14H19Cl2NOS. The molecule has 106 valence electrons. The number of rotatable bonds is 4. The molecule has 0 aliphatic carbocycles. The topological polar surface area (TPSA) is 29.1 Å². The first kappa shape index (κ1) is 16.8. The Morgan fingerprint density at radius 3 is 2.42 bits per heavy atom. The Labute approximate surface area is 129 Å². The summed E-state index contributed by atoms with van der Waals surface area (Å²) >= 11 is 13.3. The SMILES string of the molecule is CC(=O)SC(CNC(C)(C)C)c1ccc(Cl)c(Cl)c1. The predicted molar refractivity (Wildman–Crippen MR) is 85.2 cm³/mol. The minimum absolute atomic E-state index is 0.00577. The van der Waals surface area contributed by atoms with E-state index in [0.717, 1.165) is 5.56 Å². The Morgan fingerprint density at radius 2 is 1.95 bits per heavy atom. The van der Waals surface area contributed by atoms with Gasteiger partial charge in [-0.15, -0.1) is 0 Å². The normalized spacial score (nSPS) is 13.4. The molecule has 1 aromatic rings. The number of benzene rings is 1. The second-order valence-electron chi connectivity index (χ2n) is 5.40. The zero-order valence-corrected chi connectivity index (χ0v) is 13.9. The molecule has 2 nitrogen and oxygen atoms in total. The van der Waals surface area contributed by atoms with Crippen LogP contribution in [0.15, 0.2) is 18.2 Å². The van der Waals surface area contributed by atoms with Crippen molar-refractivity contribution in [3.8, 4) is 0 Å². The van der Waals surface area contributed by atoms with Crippen molar-refractivity contribution in [3.05, 3.63) is 33.8 Å². The zero-order valence-electron chi connectivity index (χ0n) is 11.6. The first-order chi connectivity index (χ1) is 8.69. The summed E-state index contributed by atoms with van der Waals surface area (Å²) in [5.41, 5.74) is 1.01. The van der Waals surface area contributed by atoms with Crippen LogP contribution in [0.2, 0.25) is 10.0 Å². The lowest BCUT2D eigenvalue weighted by Crippen LogP contribution is -2.38. The molecule has 0 aliphatic rings. The van der Waals surface area contributed by atoms with Crippen LogP contribution in [0.3, 0.4) is 0 Å². The molecular weight excluding hydrogens is 301 g/mol. The molecule has 19 heavy (non-hydrogen) atoms. The van der Waals surface area contributed by atoms with Gasteiger partial charge >= 0.3 is 0 Å². The van der Waals surface area contributed by atoms with Crippen molar-refractivity contribution < 1.29 is 4.79 Å². The molecule has 0 radical (unpaired) electrons. The van der Waals surface area contributed by atoms with Gasteiger partial charge in [0.2, 0.25) is 0 Å². The number of thioether (sulfide) groups is 1. The van der Waals surface area contributed by atoms with E-state index in [9.17, 15) is 4.79 Å². The third kappa shape index (κ3) is 6.17. The zero-order chi connectivity index (χ0) is 14.6. The number of halogens is 2. The van der Waals surface area contributed by atoms with Gasteiger partial charge in [-0.2, -0.15) is 0 Å². The average molecular weight is 320 g/mol. The van der Waals surface area contributed by atoms with Gasteiger partial charge in [-0.1, -0.05) is 41.0 Å². The maximum atomic E-state index is 11.4. The van der Waals surface area contributed by atoms with Crippen molar-refractivity contribution >= 4 is 40.1 Å². The summed E-state index contributed by atoms with van der Waals surface area (Å²) in [6.45, 7) is 8.56. The fraction of sp³-hybridized carbons (Fsp3) is 0.500. The summed E-state index contributed by atoms with van der Waals surface area (Å²) in [5, 5.41) is 4.58. The molecule has 0 saturated heterocycles. The van der Waals surface area contributed by atoms with E-state index in [4.69, 9.17) is 23.2 Å². The van der Waals surface area contributed by atoms with Gasteiger partial charge in [0.1, 0.15) is 0 Å². The van der Waals surface area contributed by atoms with Crippen molar-refractivity contribution in [3.63, 3.8) is 0 Å². The Bertz CT molecular complexity index is 457. The molecule has 0 heterocycles. The molecule has 0 amide bonds. The van der Waals surface area contributed by atoms with Crippen LogP contribution in [0, 0.1) is 0 Å². The molecule has 0 fully saturated rings.